The first-order valence-corrected chi connectivity index (χ1v) is 9.83. The molecule has 6 heteroatoms. The van der Waals surface area contributed by atoms with E-state index in [9.17, 15) is 14.7 Å². The van der Waals surface area contributed by atoms with Gasteiger partial charge in [0, 0.05) is 12.0 Å². The molecule has 0 radical (unpaired) electrons. The van der Waals surface area contributed by atoms with Crippen LogP contribution < -0.4 is 5.73 Å². The zero-order valence-corrected chi connectivity index (χ0v) is 18.0. The van der Waals surface area contributed by atoms with Crippen molar-refractivity contribution in [2.45, 2.75) is 78.1 Å². The van der Waals surface area contributed by atoms with E-state index in [1.54, 1.807) is 27.7 Å². The average Bonchev–Trinajstić information content (AvgIpc) is 2.83. The molecule has 1 aliphatic rings. The molecule has 1 fully saturated rings. The lowest BCUT2D eigenvalue weighted by Crippen LogP contribution is -2.60. The standard InChI is InChI=1S/C22H34N2O4/c1-8-22(18(25)26)17(20(2,3)4)15(23)16(14-12-10-9-11-13-14)24(22)19(27)28-21(5,6)7/h9-13,15-17H,8,23H2,1-7H3,(H,25,26)/t15-,16+,17-,22+/m1/s1. The number of carbonyl (C=O) groups is 2. The van der Waals surface area contributed by atoms with E-state index >= 15 is 0 Å². The monoisotopic (exact) mass is 390 g/mol. The molecule has 1 aliphatic heterocycles. The number of hydrogen-bond acceptors (Lipinski definition) is 4. The molecule has 1 amide bonds. The Labute approximate surface area is 168 Å². The van der Waals surface area contributed by atoms with E-state index < -0.39 is 46.6 Å². The third-order valence-electron chi connectivity index (χ3n) is 5.55. The number of nitrogens with zero attached hydrogens (tertiary/aromatic N) is 1. The van der Waals surface area contributed by atoms with Crippen LogP contribution in [0.15, 0.2) is 30.3 Å². The van der Waals surface area contributed by atoms with Gasteiger partial charge in [-0.3, -0.25) is 4.90 Å². The van der Waals surface area contributed by atoms with Gasteiger partial charge in [-0.05, 0) is 38.2 Å². The number of likely N-dealkylation sites (tertiary alicyclic amines) is 1. The predicted octanol–water partition coefficient (Wildman–Crippen LogP) is 4.20. The van der Waals surface area contributed by atoms with Crippen molar-refractivity contribution in [1.29, 1.82) is 0 Å². The largest absolute Gasteiger partial charge is 0.479 e. The van der Waals surface area contributed by atoms with Gasteiger partial charge in [0.05, 0.1) is 6.04 Å². The maximum Gasteiger partial charge on any atom is 0.411 e. The Morgan fingerprint density at radius 1 is 1.14 bits per heavy atom. The highest BCUT2D eigenvalue weighted by molar-refractivity contribution is 5.87. The van der Waals surface area contributed by atoms with Gasteiger partial charge in [-0.2, -0.15) is 0 Å². The van der Waals surface area contributed by atoms with E-state index in [-0.39, 0.29) is 6.42 Å². The molecular weight excluding hydrogens is 356 g/mol. The number of hydrogen-bond donors (Lipinski definition) is 2. The third-order valence-corrected chi connectivity index (χ3v) is 5.55. The number of amides is 1. The minimum atomic E-state index is -1.46. The second-order valence-corrected chi connectivity index (χ2v) is 9.71. The van der Waals surface area contributed by atoms with Crippen molar-refractivity contribution in [2.75, 3.05) is 0 Å². The molecular formula is C22H34N2O4. The zero-order valence-electron chi connectivity index (χ0n) is 18.0. The highest BCUT2D eigenvalue weighted by Crippen LogP contribution is 2.54. The Balaban J connectivity index is 2.76. The molecule has 1 heterocycles. The van der Waals surface area contributed by atoms with Crippen LogP contribution >= 0.6 is 0 Å². The number of nitrogens with two attached hydrogens (primary N) is 1. The molecule has 0 spiro atoms. The lowest BCUT2D eigenvalue weighted by Gasteiger charge is -2.44. The maximum absolute atomic E-state index is 13.3. The van der Waals surface area contributed by atoms with Crippen LogP contribution in [0.4, 0.5) is 4.79 Å². The number of benzene rings is 1. The van der Waals surface area contributed by atoms with Gasteiger partial charge in [-0.15, -0.1) is 0 Å². The van der Waals surface area contributed by atoms with Gasteiger partial charge >= 0.3 is 12.1 Å². The summed E-state index contributed by atoms with van der Waals surface area (Å²) in [5.74, 6) is -1.50. The molecule has 0 saturated carbocycles. The van der Waals surface area contributed by atoms with Crippen molar-refractivity contribution in [1.82, 2.24) is 4.90 Å². The van der Waals surface area contributed by atoms with E-state index in [0.717, 1.165) is 5.56 Å². The topological polar surface area (TPSA) is 92.9 Å². The number of rotatable bonds is 3. The van der Waals surface area contributed by atoms with E-state index in [2.05, 4.69) is 0 Å². The average molecular weight is 391 g/mol. The summed E-state index contributed by atoms with van der Waals surface area (Å²) < 4.78 is 5.66. The van der Waals surface area contributed by atoms with Crippen LogP contribution in [0.25, 0.3) is 0 Å². The van der Waals surface area contributed by atoms with Crippen molar-refractivity contribution in [3.63, 3.8) is 0 Å². The Bertz CT molecular complexity index is 720. The molecule has 0 aliphatic carbocycles. The van der Waals surface area contributed by atoms with Crippen molar-refractivity contribution < 1.29 is 19.4 Å². The van der Waals surface area contributed by atoms with E-state index in [0.29, 0.717) is 0 Å². The molecule has 2 rings (SSSR count). The van der Waals surface area contributed by atoms with E-state index in [1.165, 1.54) is 4.90 Å². The van der Waals surface area contributed by atoms with Gasteiger partial charge in [0.2, 0.25) is 0 Å². The number of carbonyl (C=O) groups excluding carboxylic acids is 1. The Morgan fingerprint density at radius 3 is 2.07 bits per heavy atom. The summed E-state index contributed by atoms with van der Waals surface area (Å²) in [5, 5.41) is 10.4. The molecule has 4 atom stereocenters. The van der Waals surface area contributed by atoms with E-state index in [4.69, 9.17) is 10.5 Å². The number of aliphatic carboxylic acids is 1. The molecule has 1 aromatic rings. The Hall–Kier alpha value is -2.08. The van der Waals surface area contributed by atoms with Gasteiger partial charge < -0.3 is 15.6 Å². The summed E-state index contributed by atoms with van der Waals surface area (Å²) in [4.78, 5) is 27.4. The van der Waals surface area contributed by atoms with Crippen LogP contribution in [-0.4, -0.2) is 39.3 Å². The fraction of sp³-hybridized carbons (Fsp3) is 0.636. The molecule has 3 N–H and O–H groups in total. The lowest BCUT2D eigenvalue weighted by molar-refractivity contribution is -0.155. The van der Waals surface area contributed by atoms with Crippen LogP contribution in [-0.2, 0) is 9.53 Å². The number of ether oxygens (including phenoxy) is 1. The molecule has 1 aromatic carbocycles. The normalized spacial score (nSPS) is 28.3. The second kappa shape index (κ2) is 7.39. The second-order valence-electron chi connectivity index (χ2n) is 9.71. The molecule has 6 nitrogen and oxygen atoms in total. The van der Waals surface area contributed by atoms with Crippen molar-refractivity contribution >= 4 is 12.1 Å². The van der Waals surface area contributed by atoms with Crippen LogP contribution in [0.1, 0.15) is 66.5 Å². The predicted molar refractivity (Wildman–Crippen MR) is 109 cm³/mol. The minimum absolute atomic E-state index is 0.237. The van der Waals surface area contributed by atoms with Gasteiger partial charge in [0.15, 0.2) is 0 Å². The fourth-order valence-electron chi connectivity index (χ4n) is 4.75. The van der Waals surface area contributed by atoms with E-state index in [1.807, 2.05) is 51.1 Å². The molecule has 0 bridgehead atoms. The van der Waals surface area contributed by atoms with Crippen LogP contribution in [0, 0.1) is 11.3 Å². The van der Waals surface area contributed by atoms with Gasteiger partial charge in [-0.25, -0.2) is 9.59 Å². The maximum atomic E-state index is 13.3. The summed E-state index contributed by atoms with van der Waals surface area (Å²) in [6, 6.07) is 8.25. The van der Waals surface area contributed by atoms with Gasteiger partial charge in [-0.1, -0.05) is 58.0 Å². The summed E-state index contributed by atoms with van der Waals surface area (Å²) in [6.45, 7) is 13.0. The highest BCUT2D eigenvalue weighted by Gasteiger charge is 2.66. The van der Waals surface area contributed by atoms with Crippen molar-refractivity contribution in [2.24, 2.45) is 17.1 Å². The molecule has 156 valence electrons. The first-order valence-electron chi connectivity index (χ1n) is 9.83. The van der Waals surface area contributed by atoms with Gasteiger partial charge in [0.25, 0.3) is 0 Å². The molecule has 0 aromatic heterocycles. The molecule has 1 saturated heterocycles. The van der Waals surface area contributed by atoms with Crippen LogP contribution in [0.5, 0.6) is 0 Å². The van der Waals surface area contributed by atoms with Crippen LogP contribution in [0.3, 0.4) is 0 Å². The summed E-state index contributed by atoms with van der Waals surface area (Å²) in [6.07, 6.45) is -0.409. The smallest absolute Gasteiger partial charge is 0.411 e. The van der Waals surface area contributed by atoms with Crippen molar-refractivity contribution in [3.05, 3.63) is 35.9 Å². The summed E-state index contributed by atoms with van der Waals surface area (Å²) >= 11 is 0. The highest BCUT2D eigenvalue weighted by atomic mass is 16.6. The number of carboxylic acids is 1. The SMILES string of the molecule is CC[C@@]1(C(=O)O)[C@@H](C(C)(C)C)[C@H](N)[C@H](c2ccccc2)N1C(=O)OC(C)(C)C. The number of carboxylic acid groups (broad SMARTS) is 1. The van der Waals surface area contributed by atoms with Crippen molar-refractivity contribution in [3.8, 4) is 0 Å². The summed E-state index contributed by atoms with van der Waals surface area (Å²) in [5.41, 5.74) is 4.88. The molecule has 0 unspecified atom stereocenters. The quantitative estimate of drug-likeness (QED) is 0.807. The van der Waals surface area contributed by atoms with Gasteiger partial charge in [0.1, 0.15) is 11.1 Å². The van der Waals surface area contributed by atoms with Crippen LogP contribution in [0.2, 0.25) is 0 Å². The molecule has 28 heavy (non-hydrogen) atoms. The Kier molecular flexibility index (Phi) is 5.86. The minimum Gasteiger partial charge on any atom is -0.479 e. The first-order chi connectivity index (χ1) is 12.8. The lowest BCUT2D eigenvalue weighted by atomic mass is 9.66. The third kappa shape index (κ3) is 3.75. The first kappa shape index (κ1) is 22.2. The summed E-state index contributed by atoms with van der Waals surface area (Å²) in [7, 11) is 0. The fourth-order valence-corrected chi connectivity index (χ4v) is 4.75. The Morgan fingerprint density at radius 2 is 1.68 bits per heavy atom. The zero-order chi connectivity index (χ0) is 21.5.